The normalized spacial score (nSPS) is 15.4. The lowest BCUT2D eigenvalue weighted by Gasteiger charge is -2.29. The molecule has 1 aliphatic heterocycles. The number of rotatable bonds is 10. The lowest BCUT2D eigenvalue weighted by atomic mass is 10.1. The van der Waals surface area contributed by atoms with Gasteiger partial charge >= 0.3 is 0 Å². The molecule has 2 unspecified atom stereocenters. The molecular weight excluding hydrogens is 534 g/mol. The van der Waals surface area contributed by atoms with Gasteiger partial charge in [-0.2, -0.15) is 9.98 Å². The zero-order chi connectivity index (χ0) is 28.0. The fraction of sp³-hybridized carbons (Fsp3) is 0.379. The molecule has 1 saturated heterocycles. The summed E-state index contributed by atoms with van der Waals surface area (Å²) in [6.45, 7) is 5.79. The van der Waals surface area contributed by atoms with Crippen molar-refractivity contribution in [2.45, 2.75) is 63.1 Å². The van der Waals surface area contributed by atoms with Crippen LogP contribution in [0.25, 0.3) is 0 Å². The number of carbonyl (C=O) groups excluding carboxylic acids is 1. The number of halogens is 1. The van der Waals surface area contributed by atoms with Gasteiger partial charge in [0, 0.05) is 37.6 Å². The molecule has 206 valence electrons. The highest BCUT2D eigenvalue weighted by atomic mass is 35.5. The molecule has 0 aliphatic carbocycles. The van der Waals surface area contributed by atoms with Crippen LogP contribution in [0.3, 0.4) is 0 Å². The molecule has 39 heavy (non-hydrogen) atoms. The van der Waals surface area contributed by atoms with E-state index >= 15 is 0 Å². The Morgan fingerprint density at radius 1 is 1.10 bits per heavy atom. The smallest absolute Gasteiger partial charge is 0.243 e. The molecule has 4 rings (SSSR count). The van der Waals surface area contributed by atoms with E-state index in [1.165, 1.54) is 25.3 Å². The van der Waals surface area contributed by atoms with Gasteiger partial charge in [0.2, 0.25) is 15.9 Å². The van der Waals surface area contributed by atoms with Gasteiger partial charge in [-0.3, -0.25) is 4.79 Å². The number of nitrogens with one attached hydrogen (secondary N) is 2. The highest BCUT2D eigenvalue weighted by Gasteiger charge is 2.30. The van der Waals surface area contributed by atoms with Gasteiger partial charge in [0.15, 0.2) is 0 Å². The zero-order valence-corrected chi connectivity index (χ0v) is 23.8. The topological polar surface area (TPSA) is 107 Å². The van der Waals surface area contributed by atoms with Crippen molar-refractivity contribution in [2.75, 3.05) is 18.0 Å². The number of hydrogen-bond acceptors (Lipinski definition) is 5. The number of sulfonamides is 1. The summed E-state index contributed by atoms with van der Waals surface area (Å²) >= 11 is 6.26. The Bertz CT molecular complexity index is 1440. The van der Waals surface area contributed by atoms with Crippen LogP contribution in [0.4, 0.5) is 5.69 Å². The molecule has 0 spiro atoms. The molecule has 1 fully saturated rings. The van der Waals surface area contributed by atoms with Gasteiger partial charge in [0.1, 0.15) is 22.7 Å². The molecule has 8 nitrogen and oxygen atoms in total. The number of aromatic nitrogens is 1. The largest absolute Gasteiger partial charge is 0.372 e. The standard InChI is InChI=1S/C29H34ClN5O3S/c1-21-9-6-13-26(30)28(21)39(37,38)33-27(17-22(2)35-16-8-12-25(35)19-31)29(36)32-20-23-10-7-11-24(18-23)34-14-4-3-5-15-34/h6-13,16,18,22,27,33H,3-5,14-15,17,20H2,1-2H3,(H,32,36). The van der Waals surface area contributed by atoms with E-state index in [-0.39, 0.29) is 28.9 Å². The van der Waals surface area contributed by atoms with E-state index < -0.39 is 22.0 Å². The number of hydrogen-bond donors (Lipinski definition) is 2. The van der Waals surface area contributed by atoms with E-state index in [0.717, 1.165) is 24.3 Å². The molecule has 3 aromatic rings. The molecule has 0 radical (unpaired) electrons. The first-order valence-electron chi connectivity index (χ1n) is 13.2. The summed E-state index contributed by atoms with van der Waals surface area (Å²) in [4.78, 5) is 15.8. The van der Waals surface area contributed by atoms with Crippen molar-refractivity contribution in [3.8, 4) is 6.07 Å². The van der Waals surface area contributed by atoms with Crippen molar-refractivity contribution in [1.29, 1.82) is 5.26 Å². The van der Waals surface area contributed by atoms with Crippen molar-refractivity contribution in [2.24, 2.45) is 0 Å². The Hall–Kier alpha value is -3.32. The molecule has 0 bridgehead atoms. The molecule has 2 N–H and O–H groups in total. The maximum Gasteiger partial charge on any atom is 0.243 e. The van der Waals surface area contributed by atoms with Crippen LogP contribution in [-0.2, 0) is 21.4 Å². The summed E-state index contributed by atoms with van der Waals surface area (Å²) in [5.74, 6) is -0.454. The number of nitrogens with zero attached hydrogens (tertiary/aromatic N) is 3. The van der Waals surface area contributed by atoms with Crippen LogP contribution in [0, 0.1) is 18.3 Å². The maximum absolute atomic E-state index is 13.5. The number of piperidine rings is 1. The summed E-state index contributed by atoms with van der Waals surface area (Å²) in [7, 11) is -4.12. The van der Waals surface area contributed by atoms with Crippen LogP contribution in [0.1, 0.15) is 55.5 Å². The fourth-order valence-corrected chi connectivity index (χ4v) is 7.11. The van der Waals surface area contributed by atoms with Crippen molar-refractivity contribution in [1.82, 2.24) is 14.6 Å². The number of anilines is 1. The second kappa shape index (κ2) is 12.7. The van der Waals surface area contributed by atoms with Crippen LogP contribution in [0.2, 0.25) is 5.02 Å². The Labute approximate surface area is 235 Å². The number of aryl methyl sites for hydroxylation is 1. The van der Waals surface area contributed by atoms with E-state index in [0.29, 0.717) is 11.3 Å². The average Bonchev–Trinajstić information content (AvgIpc) is 3.41. The third kappa shape index (κ3) is 7.01. The summed E-state index contributed by atoms with van der Waals surface area (Å²) in [5.41, 5.74) is 2.97. The van der Waals surface area contributed by atoms with Gasteiger partial charge in [0.05, 0.1) is 5.02 Å². The van der Waals surface area contributed by atoms with Gasteiger partial charge in [0.25, 0.3) is 0 Å². The quantitative estimate of drug-likeness (QED) is 0.361. The highest BCUT2D eigenvalue weighted by Crippen LogP contribution is 2.26. The average molecular weight is 568 g/mol. The number of amides is 1. The molecular formula is C29H34ClN5O3S. The van der Waals surface area contributed by atoms with Crippen molar-refractivity contribution in [3.63, 3.8) is 0 Å². The molecule has 0 saturated carbocycles. The predicted molar refractivity (Wildman–Crippen MR) is 153 cm³/mol. The van der Waals surface area contributed by atoms with Crippen molar-refractivity contribution >= 4 is 33.2 Å². The van der Waals surface area contributed by atoms with Gasteiger partial charge < -0.3 is 14.8 Å². The minimum atomic E-state index is -4.12. The highest BCUT2D eigenvalue weighted by molar-refractivity contribution is 7.89. The third-order valence-corrected chi connectivity index (χ3v) is 9.19. The second-order valence-corrected chi connectivity index (χ2v) is 12.1. The lowest BCUT2D eigenvalue weighted by molar-refractivity contribution is -0.123. The van der Waals surface area contributed by atoms with Crippen molar-refractivity contribution in [3.05, 3.63) is 82.6 Å². The van der Waals surface area contributed by atoms with E-state index in [9.17, 15) is 18.5 Å². The van der Waals surface area contributed by atoms with Crippen LogP contribution < -0.4 is 14.9 Å². The number of nitriles is 1. The van der Waals surface area contributed by atoms with Crippen LogP contribution in [0.15, 0.2) is 65.7 Å². The summed E-state index contributed by atoms with van der Waals surface area (Å²) in [5, 5.41) is 12.4. The SMILES string of the molecule is Cc1cccc(Cl)c1S(=O)(=O)NC(CC(C)n1cccc1C#N)C(=O)NCc1cccc(N2CCCCC2)c1. The Morgan fingerprint density at radius 3 is 2.56 bits per heavy atom. The van der Waals surface area contributed by atoms with Gasteiger partial charge in [-0.05, 0) is 81.0 Å². The minimum Gasteiger partial charge on any atom is -0.372 e. The number of carbonyl (C=O) groups is 1. The van der Waals surface area contributed by atoms with Crippen LogP contribution in [-0.4, -0.2) is 38.0 Å². The summed E-state index contributed by atoms with van der Waals surface area (Å²) in [6.07, 6.45) is 5.46. The van der Waals surface area contributed by atoms with E-state index in [1.54, 1.807) is 42.0 Å². The zero-order valence-electron chi connectivity index (χ0n) is 22.2. The fourth-order valence-electron chi connectivity index (χ4n) is 5.07. The van der Waals surface area contributed by atoms with E-state index in [4.69, 9.17) is 11.6 Å². The summed E-state index contributed by atoms with van der Waals surface area (Å²) in [6, 6.07) is 17.0. The molecule has 2 aromatic carbocycles. The van der Waals surface area contributed by atoms with Gasteiger partial charge in [-0.25, -0.2) is 8.42 Å². The second-order valence-electron chi connectivity index (χ2n) is 9.99. The van der Waals surface area contributed by atoms with E-state index in [2.05, 4.69) is 33.1 Å². The third-order valence-electron chi connectivity index (χ3n) is 7.09. The Morgan fingerprint density at radius 2 is 1.85 bits per heavy atom. The van der Waals surface area contributed by atoms with Crippen LogP contribution >= 0.6 is 11.6 Å². The monoisotopic (exact) mass is 567 g/mol. The lowest BCUT2D eigenvalue weighted by Crippen LogP contribution is -2.47. The molecule has 10 heteroatoms. The van der Waals surface area contributed by atoms with Crippen molar-refractivity contribution < 1.29 is 13.2 Å². The number of benzene rings is 2. The molecule has 2 heterocycles. The molecule has 1 aliphatic rings. The minimum absolute atomic E-state index is 0.0509. The van der Waals surface area contributed by atoms with Gasteiger partial charge in [-0.1, -0.05) is 35.9 Å². The molecule has 1 aromatic heterocycles. The van der Waals surface area contributed by atoms with Crippen LogP contribution in [0.5, 0.6) is 0 Å². The molecule has 1 amide bonds. The Kier molecular flexibility index (Phi) is 9.33. The van der Waals surface area contributed by atoms with E-state index in [1.807, 2.05) is 19.1 Å². The summed E-state index contributed by atoms with van der Waals surface area (Å²) < 4.78 is 31.2. The van der Waals surface area contributed by atoms with Gasteiger partial charge in [-0.15, -0.1) is 0 Å². The maximum atomic E-state index is 13.5. The first kappa shape index (κ1) is 28.7. The Balaban J connectivity index is 1.54. The first-order chi connectivity index (χ1) is 18.7. The predicted octanol–water partition coefficient (Wildman–Crippen LogP) is 4.93. The molecule has 2 atom stereocenters. The first-order valence-corrected chi connectivity index (χ1v) is 15.0.